The summed E-state index contributed by atoms with van der Waals surface area (Å²) in [6, 6.07) is 0.955. The number of hydrogen-bond donors (Lipinski definition) is 2. The first kappa shape index (κ1) is 16.2. The van der Waals surface area contributed by atoms with Crippen LogP contribution < -0.4 is 10.0 Å². The summed E-state index contributed by atoms with van der Waals surface area (Å²) in [5.74, 6) is 0.346. The molecule has 0 amide bonds. The molecule has 1 aromatic heterocycles. The van der Waals surface area contributed by atoms with E-state index in [0.29, 0.717) is 5.92 Å². The van der Waals surface area contributed by atoms with E-state index in [1.807, 2.05) is 6.92 Å². The van der Waals surface area contributed by atoms with E-state index >= 15 is 0 Å². The van der Waals surface area contributed by atoms with Gasteiger partial charge in [0.2, 0.25) is 0 Å². The minimum absolute atomic E-state index is 0.0246. The maximum Gasteiger partial charge on any atom is 0.304 e. The van der Waals surface area contributed by atoms with Crippen LogP contribution in [-0.4, -0.2) is 26.4 Å². The molecule has 1 heterocycles. The largest absolute Gasteiger partial charge is 0.374 e. The van der Waals surface area contributed by atoms with Gasteiger partial charge in [0.05, 0.1) is 4.92 Å². The lowest BCUT2D eigenvalue weighted by Gasteiger charge is -2.19. The second kappa shape index (κ2) is 6.29. The van der Waals surface area contributed by atoms with Gasteiger partial charge in [-0.25, -0.2) is 13.1 Å². The molecular formula is C12H19N3O4S2. The zero-order valence-electron chi connectivity index (χ0n) is 12.0. The highest BCUT2D eigenvalue weighted by Gasteiger charge is 2.30. The summed E-state index contributed by atoms with van der Waals surface area (Å²) in [7, 11) is -2.19. The average Bonchev–Trinajstić information content (AvgIpc) is 3.07. The van der Waals surface area contributed by atoms with Crippen LogP contribution in [0.25, 0.3) is 0 Å². The van der Waals surface area contributed by atoms with Crippen molar-refractivity contribution in [1.82, 2.24) is 4.72 Å². The van der Waals surface area contributed by atoms with Crippen molar-refractivity contribution in [2.45, 2.75) is 42.9 Å². The molecule has 0 aromatic carbocycles. The normalized spacial score (nSPS) is 17.8. The topological polar surface area (TPSA) is 101 Å². The number of thiophene rings is 1. The molecule has 0 saturated heterocycles. The third kappa shape index (κ3) is 3.53. The van der Waals surface area contributed by atoms with Gasteiger partial charge in [0.15, 0.2) is 5.00 Å². The molecule has 1 aromatic rings. The number of nitrogens with one attached hydrogen (secondary N) is 2. The summed E-state index contributed by atoms with van der Waals surface area (Å²) in [5.41, 5.74) is -0.212. The fourth-order valence-corrected chi connectivity index (χ4v) is 5.27. The van der Waals surface area contributed by atoms with Gasteiger partial charge in [0.1, 0.15) is 4.21 Å². The summed E-state index contributed by atoms with van der Waals surface area (Å²) < 4.78 is 27.3. The van der Waals surface area contributed by atoms with Crippen molar-refractivity contribution >= 4 is 32.0 Å². The first-order chi connectivity index (χ1) is 9.85. The van der Waals surface area contributed by atoms with Gasteiger partial charge in [-0.2, -0.15) is 0 Å². The standard InChI is InChI=1S/C12H19N3O4S2/c1-8(9-5-3-4-6-9)14-21(18,19)11-7-10(15(16)17)12(13-2)20-11/h7-9,13-14H,3-6H2,1-2H3. The molecule has 1 aliphatic carbocycles. The Hall–Kier alpha value is -1.19. The molecule has 1 fully saturated rings. The van der Waals surface area contributed by atoms with Gasteiger partial charge in [-0.05, 0) is 25.7 Å². The molecule has 9 heteroatoms. The summed E-state index contributed by atoms with van der Waals surface area (Å²) in [6.07, 6.45) is 4.31. The Bertz CT molecular complexity index is 620. The lowest BCUT2D eigenvalue weighted by atomic mass is 10.0. The zero-order valence-corrected chi connectivity index (χ0v) is 13.6. The predicted octanol–water partition coefficient (Wildman–Crippen LogP) is 2.56. The Morgan fingerprint density at radius 3 is 2.52 bits per heavy atom. The number of rotatable bonds is 6. The van der Waals surface area contributed by atoms with Crippen molar-refractivity contribution in [2.24, 2.45) is 5.92 Å². The minimum Gasteiger partial charge on any atom is -0.374 e. The minimum atomic E-state index is -3.72. The van der Waals surface area contributed by atoms with E-state index in [1.165, 1.54) is 7.05 Å². The average molecular weight is 333 g/mol. The lowest BCUT2D eigenvalue weighted by molar-refractivity contribution is -0.383. The highest BCUT2D eigenvalue weighted by atomic mass is 32.2. The van der Waals surface area contributed by atoms with Crippen LogP contribution in [0.4, 0.5) is 10.7 Å². The van der Waals surface area contributed by atoms with Gasteiger partial charge >= 0.3 is 5.69 Å². The first-order valence-corrected chi connectivity index (χ1v) is 9.13. The molecule has 7 nitrogen and oxygen atoms in total. The third-order valence-electron chi connectivity index (χ3n) is 3.83. The van der Waals surface area contributed by atoms with Crippen molar-refractivity contribution in [3.05, 3.63) is 16.2 Å². The number of nitro groups is 1. The highest BCUT2D eigenvalue weighted by molar-refractivity contribution is 7.91. The molecule has 1 aliphatic rings. The Labute approximate surface area is 127 Å². The van der Waals surface area contributed by atoms with Crippen LogP contribution in [0, 0.1) is 16.0 Å². The third-order valence-corrected chi connectivity index (χ3v) is 7.00. The van der Waals surface area contributed by atoms with E-state index in [2.05, 4.69) is 10.0 Å². The van der Waals surface area contributed by atoms with E-state index in [-0.39, 0.29) is 20.9 Å². The molecular weight excluding hydrogens is 314 g/mol. The van der Waals surface area contributed by atoms with Gasteiger partial charge in [0, 0.05) is 19.2 Å². The van der Waals surface area contributed by atoms with E-state index in [0.717, 1.165) is 43.1 Å². The quantitative estimate of drug-likeness (QED) is 0.615. The number of nitrogens with zero attached hydrogens (tertiary/aromatic N) is 1. The summed E-state index contributed by atoms with van der Waals surface area (Å²) >= 11 is 0.876. The second-order valence-electron chi connectivity index (χ2n) is 5.24. The molecule has 1 saturated carbocycles. The molecule has 118 valence electrons. The van der Waals surface area contributed by atoms with Gasteiger partial charge in [0.25, 0.3) is 10.0 Å². The van der Waals surface area contributed by atoms with Crippen LogP contribution in [0.1, 0.15) is 32.6 Å². The van der Waals surface area contributed by atoms with E-state index in [4.69, 9.17) is 0 Å². The van der Waals surface area contributed by atoms with Crippen LogP contribution in [-0.2, 0) is 10.0 Å². The molecule has 1 atom stereocenters. The van der Waals surface area contributed by atoms with E-state index in [1.54, 1.807) is 0 Å². The van der Waals surface area contributed by atoms with E-state index in [9.17, 15) is 18.5 Å². The summed E-state index contributed by atoms with van der Waals surface area (Å²) in [4.78, 5) is 10.3. The molecule has 0 bridgehead atoms. The zero-order chi connectivity index (χ0) is 15.6. The highest BCUT2D eigenvalue weighted by Crippen LogP contribution is 2.37. The Balaban J connectivity index is 2.20. The van der Waals surface area contributed by atoms with Crippen molar-refractivity contribution in [1.29, 1.82) is 0 Å². The Morgan fingerprint density at radius 2 is 2.05 bits per heavy atom. The van der Waals surface area contributed by atoms with E-state index < -0.39 is 14.9 Å². The van der Waals surface area contributed by atoms with Crippen molar-refractivity contribution in [3.63, 3.8) is 0 Å². The molecule has 21 heavy (non-hydrogen) atoms. The smallest absolute Gasteiger partial charge is 0.304 e. The molecule has 1 unspecified atom stereocenters. The Kier molecular flexibility index (Phi) is 4.84. The second-order valence-corrected chi connectivity index (χ2v) is 8.23. The van der Waals surface area contributed by atoms with Gasteiger partial charge < -0.3 is 5.32 Å². The monoisotopic (exact) mass is 333 g/mol. The SMILES string of the molecule is CNc1sc(S(=O)(=O)NC(C)C2CCCC2)cc1[N+](=O)[O-]. The molecule has 2 N–H and O–H groups in total. The molecule has 2 rings (SSSR count). The van der Waals surface area contributed by atoms with Crippen LogP contribution in [0.2, 0.25) is 0 Å². The number of sulfonamides is 1. The van der Waals surface area contributed by atoms with Crippen LogP contribution >= 0.6 is 11.3 Å². The number of anilines is 1. The maximum absolute atomic E-state index is 12.4. The lowest BCUT2D eigenvalue weighted by Crippen LogP contribution is -2.36. The fraction of sp³-hybridized carbons (Fsp3) is 0.667. The summed E-state index contributed by atoms with van der Waals surface area (Å²) in [5, 5.41) is 13.8. The van der Waals surface area contributed by atoms with Gasteiger partial charge in [-0.1, -0.05) is 24.2 Å². The van der Waals surface area contributed by atoms with Gasteiger partial charge in [-0.15, -0.1) is 0 Å². The molecule has 0 spiro atoms. The predicted molar refractivity (Wildman–Crippen MR) is 82.3 cm³/mol. The van der Waals surface area contributed by atoms with Crippen molar-refractivity contribution < 1.29 is 13.3 Å². The van der Waals surface area contributed by atoms with Crippen LogP contribution in [0.3, 0.4) is 0 Å². The Morgan fingerprint density at radius 1 is 1.43 bits per heavy atom. The van der Waals surface area contributed by atoms with Crippen LogP contribution in [0.5, 0.6) is 0 Å². The number of hydrogen-bond acceptors (Lipinski definition) is 6. The fourth-order valence-electron chi connectivity index (χ4n) is 2.66. The molecule has 0 aliphatic heterocycles. The maximum atomic E-state index is 12.4. The molecule has 0 radical (unpaired) electrons. The van der Waals surface area contributed by atoms with Crippen molar-refractivity contribution in [2.75, 3.05) is 12.4 Å². The summed E-state index contributed by atoms with van der Waals surface area (Å²) in [6.45, 7) is 1.86. The van der Waals surface area contributed by atoms with Crippen molar-refractivity contribution in [3.8, 4) is 0 Å². The van der Waals surface area contributed by atoms with Gasteiger partial charge in [-0.3, -0.25) is 10.1 Å². The van der Waals surface area contributed by atoms with Crippen LogP contribution in [0.15, 0.2) is 10.3 Å². The first-order valence-electron chi connectivity index (χ1n) is 6.83.